The van der Waals surface area contributed by atoms with E-state index in [4.69, 9.17) is 0 Å². The zero-order valence-corrected chi connectivity index (χ0v) is 18.5. The van der Waals surface area contributed by atoms with E-state index in [1.54, 1.807) is 4.90 Å². The van der Waals surface area contributed by atoms with E-state index in [1.165, 1.54) is 24.3 Å². The van der Waals surface area contributed by atoms with Crippen LogP contribution >= 0.6 is 0 Å². The molecule has 2 atom stereocenters. The number of para-hydroxylation sites is 2. The molecule has 0 aliphatic carbocycles. The highest BCUT2D eigenvalue weighted by molar-refractivity contribution is 6.07. The second-order valence-corrected chi connectivity index (χ2v) is 8.09. The summed E-state index contributed by atoms with van der Waals surface area (Å²) >= 11 is 0. The van der Waals surface area contributed by atoms with Crippen molar-refractivity contribution in [3.8, 4) is 0 Å². The van der Waals surface area contributed by atoms with Crippen molar-refractivity contribution in [3.63, 3.8) is 0 Å². The molecule has 0 aromatic heterocycles. The number of rotatable bonds is 5. The molecular weight excluding hydrogens is 418 g/mol. The van der Waals surface area contributed by atoms with Gasteiger partial charge in [-0.15, -0.1) is 0 Å². The molecule has 0 fully saturated rings. The minimum atomic E-state index is -0.486. The summed E-state index contributed by atoms with van der Waals surface area (Å²) in [4.78, 5) is 40.6. The molecule has 2 unspecified atom stereocenters. The van der Waals surface area contributed by atoms with Gasteiger partial charge >= 0.3 is 0 Å². The van der Waals surface area contributed by atoms with Crippen LogP contribution < -0.4 is 9.80 Å². The first-order valence-electron chi connectivity index (χ1n) is 11.0. The summed E-state index contributed by atoms with van der Waals surface area (Å²) < 4.78 is 0. The SMILES string of the molecule is CCC(=O)N(c1ccccc1)C1CC(C)N(C(=O)c2ccc([N+](=O)[O-])cc2)c2ccccc21. The minimum Gasteiger partial charge on any atom is -0.305 e. The zero-order valence-electron chi connectivity index (χ0n) is 18.5. The van der Waals surface area contributed by atoms with Crippen molar-refractivity contribution in [2.45, 2.75) is 38.8 Å². The van der Waals surface area contributed by atoms with E-state index in [0.717, 1.165) is 16.9 Å². The Morgan fingerprint density at radius 1 is 1.00 bits per heavy atom. The molecule has 0 radical (unpaired) electrons. The van der Waals surface area contributed by atoms with Crippen LogP contribution in [0.15, 0.2) is 78.9 Å². The summed E-state index contributed by atoms with van der Waals surface area (Å²) in [5.41, 5.74) is 2.79. The van der Waals surface area contributed by atoms with Gasteiger partial charge in [0.25, 0.3) is 11.6 Å². The van der Waals surface area contributed by atoms with Crippen LogP contribution in [0.2, 0.25) is 0 Å². The van der Waals surface area contributed by atoms with Crippen LogP contribution in [0, 0.1) is 10.1 Å². The third-order valence-electron chi connectivity index (χ3n) is 6.02. The van der Waals surface area contributed by atoms with Crippen LogP contribution in [0.1, 0.15) is 48.7 Å². The monoisotopic (exact) mass is 443 g/mol. The first-order chi connectivity index (χ1) is 15.9. The topological polar surface area (TPSA) is 83.8 Å². The highest BCUT2D eigenvalue weighted by atomic mass is 16.6. The van der Waals surface area contributed by atoms with E-state index >= 15 is 0 Å². The van der Waals surface area contributed by atoms with Gasteiger partial charge in [0.15, 0.2) is 0 Å². The Kier molecular flexibility index (Phi) is 6.22. The van der Waals surface area contributed by atoms with Crippen LogP contribution in [0.3, 0.4) is 0 Å². The van der Waals surface area contributed by atoms with E-state index in [1.807, 2.05) is 73.3 Å². The highest BCUT2D eigenvalue weighted by Gasteiger charge is 2.38. The summed E-state index contributed by atoms with van der Waals surface area (Å²) in [7, 11) is 0. The van der Waals surface area contributed by atoms with Crippen molar-refractivity contribution in [2.24, 2.45) is 0 Å². The van der Waals surface area contributed by atoms with Gasteiger partial charge in [-0.1, -0.05) is 43.3 Å². The fourth-order valence-corrected chi connectivity index (χ4v) is 4.46. The number of nitrogens with zero attached hydrogens (tertiary/aromatic N) is 3. The van der Waals surface area contributed by atoms with Crippen molar-refractivity contribution in [1.29, 1.82) is 0 Å². The number of carbonyl (C=O) groups excluding carboxylic acids is 2. The molecule has 1 aliphatic rings. The third kappa shape index (κ3) is 4.22. The summed E-state index contributed by atoms with van der Waals surface area (Å²) in [5.74, 6) is -0.209. The van der Waals surface area contributed by atoms with Crippen LogP contribution in [-0.2, 0) is 4.79 Å². The first-order valence-corrected chi connectivity index (χ1v) is 11.0. The quantitative estimate of drug-likeness (QED) is 0.384. The Hall–Kier alpha value is -4.00. The molecule has 7 heteroatoms. The number of non-ortho nitro benzene ring substituents is 1. The molecule has 33 heavy (non-hydrogen) atoms. The second-order valence-electron chi connectivity index (χ2n) is 8.09. The Morgan fingerprint density at radius 2 is 1.64 bits per heavy atom. The van der Waals surface area contributed by atoms with Gasteiger partial charge in [0.2, 0.25) is 5.91 Å². The van der Waals surface area contributed by atoms with Crippen LogP contribution in [0.4, 0.5) is 17.1 Å². The maximum Gasteiger partial charge on any atom is 0.269 e. The normalized spacial score (nSPS) is 17.2. The van der Waals surface area contributed by atoms with Gasteiger partial charge in [-0.05, 0) is 49.2 Å². The van der Waals surface area contributed by atoms with Gasteiger partial charge in [-0.3, -0.25) is 19.7 Å². The average molecular weight is 444 g/mol. The van der Waals surface area contributed by atoms with E-state index in [-0.39, 0.29) is 29.6 Å². The van der Waals surface area contributed by atoms with Crippen molar-refractivity contribution >= 4 is 28.9 Å². The molecule has 0 saturated carbocycles. The number of carbonyl (C=O) groups is 2. The lowest BCUT2D eigenvalue weighted by molar-refractivity contribution is -0.384. The second kappa shape index (κ2) is 9.24. The maximum atomic E-state index is 13.5. The number of hydrogen-bond donors (Lipinski definition) is 0. The number of hydrogen-bond acceptors (Lipinski definition) is 4. The average Bonchev–Trinajstić information content (AvgIpc) is 2.84. The molecule has 0 N–H and O–H groups in total. The Morgan fingerprint density at radius 3 is 2.27 bits per heavy atom. The fraction of sp³-hybridized carbons (Fsp3) is 0.231. The van der Waals surface area contributed by atoms with Gasteiger partial charge in [0.1, 0.15) is 0 Å². The molecule has 0 bridgehead atoms. The molecule has 1 aliphatic heterocycles. The number of nitro benzene ring substituents is 1. The van der Waals surface area contributed by atoms with Crippen molar-refractivity contribution in [3.05, 3.63) is 100 Å². The van der Waals surface area contributed by atoms with Crippen LogP contribution in [0.25, 0.3) is 0 Å². The number of amides is 2. The molecule has 7 nitrogen and oxygen atoms in total. The Bertz CT molecular complexity index is 1180. The smallest absolute Gasteiger partial charge is 0.269 e. The first kappa shape index (κ1) is 22.2. The van der Waals surface area contributed by atoms with Crippen LogP contribution in [-0.4, -0.2) is 22.8 Å². The summed E-state index contributed by atoms with van der Waals surface area (Å²) in [6, 6.07) is 22.5. The van der Waals surface area contributed by atoms with E-state index in [9.17, 15) is 19.7 Å². The van der Waals surface area contributed by atoms with E-state index in [0.29, 0.717) is 18.4 Å². The lowest BCUT2D eigenvalue weighted by Crippen LogP contribution is -2.47. The molecular formula is C26H25N3O4. The number of benzene rings is 3. The molecule has 4 rings (SSSR count). The molecule has 0 saturated heterocycles. The van der Waals surface area contributed by atoms with Crippen molar-refractivity contribution in [1.82, 2.24) is 0 Å². The summed E-state index contributed by atoms with van der Waals surface area (Å²) in [5, 5.41) is 11.0. The van der Waals surface area contributed by atoms with E-state index < -0.39 is 4.92 Å². The predicted molar refractivity (Wildman–Crippen MR) is 127 cm³/mol. The predicted octanol–water partition coefficient (Wildman–Crippen LogP) is 5.52. The van der Waals surface area contributed by atoms with E-state index in [2.05, 4.69) is 0 Å². The number of anilines is 2. The molecule has 3 aromatic carbocycles. The number of nitro groups is 1. The van der Waals surface area contributed by atoms with Gasteiger partial charge < -0.3 is 9.80 Å². The minimum absolute atomic E-state index is 0.0170. The summed E-state index contributed by atoms with van der Waals surface area (Å²) in [6.45, 7) is 3.81. The largest absolute Gasteiger partial charge is 0.305 e. The standard InChI is InChI=1S/C26H25N3O4/c1-3-25(30)28(20-9-5-4-6-10-20)24-17-18(2)27(23-12-8-7-11-22(23)24)26(31)19-13-15-21(16-14-19)29(32)33/h4-16,18,24H,3,17H2,1-2H3. The highest BCUT2D eigenvalue weighted by Crippen LogP contribution is 2.42. The third-order valence-corrected chi connectivity index (χ3v) is 6.02. The molecule has 1 heterocycles. The number of fused-ring (bicyclic) bond motifs is 1. The van der Waals surface area contributed by atoms with Gasteiger partial charge in [0.05, 0.1) is 11.0 Å². The van der Waals surface area contributed by atoms with Gasteiger partial charge in [-0.25, -0.2) is 0 Å². The molecule has 2 amide bonds. The van der Waals surface area contributed by atoms with Gasteiger partial charge in [0, 0.05) is 41.5 Å². The van der Waals surface area contributed by atoms with Crippen molar-refractivity contribution < 1.29 is 14.5 Å². The summed E-state index contributed by atoms with van der Waals surface area (Å²) in [6.07, 6.45) is 0.934. The van der Waals surface area contributed by atoms with Gasteiger partial charge in [-0.2, -0.15) is 0 Å². The molecule has 168 valence electrons. The lowest BCUT2D eigenvalue weighted by Gasteiger charge is -2.43. The lowest BCUT2D eigenvalue weighted by atomic mass is 9.89. The van der Waals surface area contributed by atoms with Crippen molar-refractivity contribution in [2.75, 3.05) is 9.80 Å². The van der Waals surface area contributed by atoms with Crippen LogP contribution in [0.5, 0.6) is 0 Å². The molecule has 0 spiro atoms. The molecule has 3 aromatic rings. The Balaban J connectivity index is 1.75. The zero-order chi connectivity index (χ0) is 23.5. The Labute approximate surface area is 192 Å². The fourth-order valence-electron chi connectivity index (χ4n) is 4.46. The maximum absolute atomic E-state index is 13.5.